The first kappa shape index (κ1) is 19.5. The van der Waals surface area contributed by atoms with Crippen molar-refractivity contribution in [2.75, 3.05) is 34.8 Å². The van der Waals surface area contributed by atoms with Gasteiger partial charge < -0.3 is 26.0 Å². The number of rotatable bonds is 6. The molecule has 0 radical (unpaired) electrons. The Morgan fingerprint density at radius 3 is 2.90 bits per heavy atom. The second-order valence-corrected chi connectivity index (χ2v) is 8.78. The molecule has 3 aliphatic rings. The van der Waals surface area contributed by atoms with Crippen LogP contribution in [0, 0.1) is 5.82 Å². The molecular weight excluding hydrogens is 383 g/mol. The number of aliphatic hydroxyl groups is 1. The summed E-state index contributed by atoms with van der Waals surface area (Å²) in [5, 5.41) is 14.5. The minimum Gasteiger partial charge on any atom is -0.373 e. The summed E-state index contributed by atoms with van der Waals surface area (Å²) in [5.41, 5.74) is 8.50. The molecule has 2 aromatic rings. The van der Waals surface area contributed by atoms with Crippen molar-refractivity contribution in [3.05, 3.63) is 41.3 Å². The molecule has 2 fully saturated rings. The molecule has 160 valence electrons. The first-order valence-electron chi connectivity index (χ1n) is 10.9. The van der Waals surface area contributed by atoms with E-state index in [4.69, 9.17) is 10.7 Å². The van der Waals surface area contributed by atoms with Crippen molar-refractivity contribution >= 4 is 17.5 Å². The summed E-state index contributed by atoms with van der Waals surface area (Å²) in [6.07, 6.45) is 4.92. The van der Waals surface area contributed by atoms with Gasteiger partial charge in [0.15, 0.2) is 0 Å². The van der Waals surface area contributed by atoms with Gasteiger partial charge in [0, 0.05) is 48.5 Å². The van der Waals surface area contributed by atoms with Crippen LogP contribution in [0.3, 0.4) is 0 Å². The number of aliphatic hydroxyl groups excluding tert-OH is 1. The molecule has 8 heteroatoms. The van der Waals surface area contributed by atoms with Gasteiger partial charge in [-0.25, -0.2) is 9.37 Å². The largest absolute Gasteiger partial charge is 0.373 e. The molecule has 5 rings (SSSR count). The van der Waals surface area contributed by atoms with Gasteiger partial charge in [0.25, 0.3) is 0 Å². The number of nitrogens with two attached hydrogens (primary N) is 1. The summed E-state index contributed by atoms with van der Waals surface area (Å²) in [4.78, 5) is 13.4. The van der Waals surface area contributed by atoms with Gasteiger partial charge in [-0.1, -0.05) is 13.0 Å². The van der Waals surface area contributed by atoms with Gasteiger partial charge in [-0.15, -0.1) is 0 Å². The van der Waals surface area contributed by atoms with E-state index < -0.39 is 6.23 Å². The summed E-state index contributed by atoms with van der Waals surface area (Å²) < 4.78 is 14.0. The van der Waals surface area contributed by atoms with E-state index >= 15 is 0 Å². The Bertz CT molecular complexity index is 949. The Labute approximate surface area is 176 Å². The molecule has 1 aromatic carbocycles. The zero-order valence-corrected chi connectivity index (χ0v) is 17.3. The minimum absolute atomic E-state index is 0.154. The number of halogens is 1. The van der Waals surface area contributed by atoms with E-state index in [2.05, 4.69) is 22.1 Å². The average Bonchev–Trinajstić information content (AvgIpc) is 3.38. The van der Waals surface area contributed by atoms with Gasteiger partial charge >= 0.3 is 0 Å². The molecule has 3 heterocycles. The van der Waals surface area contributed by atoms with E-state index in [1.165, 1.54) is 12.1 Å². The van der Waals surface area contributed by atoms with Crippen LogP contribution < -0.4 is 20.9 Å². The van der Waals surface area contributed by atoms with Crippen LogP contribution in [0.2, 0.25) is 0 Å². The van der Waals surface area contributed by atoms with Crippen LogP contribution in [0.1, 0.15) is 43.7 Å². The van der Waals surface area contributed by atoms with Crippen molar-refractivity contribution in [1.29, 1.82) is 0 Å². The Morgan fingerprint density at radius 1 is 1.37 bits per heavy atom. The molecule has 7 nitrogen and oxygen atoms in total. The smallest absolute Gasteiger partial charge is 0.227 e. The van der Waals surface area contributed by atoms with Gasteiger partial charge in [-0.05, 0) is 43.4 Å². The van der Waals surface area contributed by atoms with Crippen molar-refractivity contribution < 1.29 is 9.50 Å². The number of fused-ring (bicyclic) bond motifs is 2. The normalized spacial score (nSPS) is 23.9. The third-order valence-corrected chi connectivity index (χ3v) is 6.63. The van der Waals surface area contributed by atoms with E-state index in [-0.39, 0.29) is 17.3 Å². The first-order valence-corrected chi connectivity index (χ1v) is 10.9. The first-order chi connectivity index (χ1) is 14.5. The van der Waals surface area contributed by atoms with Gasteiger partial charge in [0.2, 0.25) is 5.95 Å². The molecule has 30 heavy (non-hydrogen) atoms. The number of aromatic nitrogens is 2. The standard InChI is InChI=1S/C22H29FN6O/c1-2-8-25-19-14(11-26-21(27-19)28-9-5-16(24)13-28)12-29-18-10-15(23)3-4-17(18)22(6-7-22)20(29)30/h3-4,10-11,16,20,30H,2,5-9,12-13,24H2,1H3,(H,25,26,27). The summed E-state index contributed by atoms with van der Waals surface area (Å²) in [5.74, 6) is 1.16. The second kappa shape index (κ2) is 7.35. The average molecular weight is 413 g/mol. The molecule has 1 saturated carbocycles. The summed E-state index contributed by atoms with van der Waals surface area (Å²) in [6, 6.07) is 5.00. The second-order valence-electron chi connectivity index (χ2n) is 8.78. The predicted molar refractivity (Wildman–Crippen MR) is 115 cm³/mol. The fourth-order valence-corrected chi connectivity index (χ4v) is 4.78. The topological polar surface area (TPSA) is 90.5 Å². The highest BCUT2D eigenvalue weighted by atomic mass is 19.1. The molecule has 1 aromatic heterocycles. The number of hydrogen-bond acceptors (Lipinski definition) is 7. The Kier molecular flexibility index (Phi) is 4.78. The van der Waals surface area contributed by atoms with Crippen LogP contribution in [0.15, 0.2) is 24.4 Å². The molecule has 1 saturated heterocycles. The van der Waals surface area contributed by atoms with Crippen molar-refractivity contribution in [2.24, 2.45) is 5.73 Å². The summed E-state index contributed by atoms with van der Waals surface area (Å²) in [7, 11) is 0. The molecule has 0 bridgehead atoms. The van der Waals surface area contributed by atoms with E-state index in [0.29, 0.717) is 12.5 Å². The fourth-order valence-electron chi connectivity index (χ4n) is 4.78. The number of anilines is 3. The van der Waals surface area contributed by atoms with Crippen LogP contribution in [-0.2, 0) is 12.0 Å². The zero-order valence-electron chi connectivity index (χ0n) is 17.3. The van der Waals surface area contributed by atoms with Crippen LogP contribution in [0.4, 0.5) is 21.8 Å². The Hall–Kier alpha value is -2.45. The third-order valence-electron chi connectivity index (χ3n) is 6.63. The maximum Gasteiger partial charge on any atom is 0.227 e. The van der Waals surface area contributed by atoms with Crippen LogP contribution in [-0.4, -0.2) is 47.0 Å². The van der Waals surface area contributed by atoms with Crippen LogP contribution in [0.25, 0.3) is 0 Å². The minimum atomic E-state index is -0.662. The Morgan fingerprint density at radius 2 is 2.20 bits per heavy atom. The molecule has 2 atom stereocenters. The number of nitrogens with one attached hydrogen (secondary N) is 1. The lowest BCUT2D eigenvalue weighted by atomic mass is 9.97. The monoisotopic (exact) mass is 412 g/mol. The molecule has 2 unspecified atom stereocenters. The van der Waals surface area contributed by atoms with Crippen molar-refractivity contribution in [3.63, 3.8) is 0 Å². The lowest BCUT2D eigenvalue weighted by Crippen LogP contribution is -2.37. The van der Waals surface area contributed by atoms with Crippen molar-refractivity contribution in [1.82, 2.24) is 9.97 Å². The highest BCUT2D eigenvalue weighted by Gasteiger charge is 2.58. The van der Waals surface area contributed by atoms with Gasteiger partial charge in [0.1, 0.15) is 17.9 Å². The van der Waals surface area contributed by atoms with Crippen molar-refractivity contribution in [2.45, 2.75) is 56.8 Å². The SMILES string of the molecule is CCCNc1nc(N2CCC(N)C2)ncc1CN1c2cc(F)ccc2C2(CC2)C1O. The van der Waals surface area contributed by atoms with Gasteiger partial charge in [-0.3, -0.25) is 0 Å². The number of hydrogen-bond donors (Lipinski definition) is 3. The van der Waals surface area contributed by atoms with E-state index in [0.717, 1.165) is 67.9 Å². The summed E-state index contributed by atoms with van der Waals surface area (Å²) >= 11 is 0. The molecule has 1 spiro atoms. The van der Waals surface area contributed by atoms with Crippen LogP contribution in [0.5, 0.6) is 0 Å². The van der Waals surface area contributed by atoms with Crippen molar-refractivity contribution in [3.8, 4) is 0 Å². The molecular formula is C22H29FN6O. The highest BCUT2D eigenvalue weighted by molar-refractivity contribution is 5.67. The quantitative estimate of drug-likeness (QED) is 0.671. The van der Waals surface area contributed by atoms with Gasteiger partial charge in [0.05, 0.1) is 6.54 Å². The molecule has 4 N–H and O–H groups in total. The molecule has 2 aliphatic heterocycles. The van der Waals surface area contributed by atoms with E-state index in [9.17, 15) is 9.50 Å². The lowest BCUT2D eigenvalue weighted by molar-refractivity contribution is 0.137. The van der Waals surface area contributed by atoms with E-state index in [1.807, 2.05) is 17.2 Å². The third kappa shape index (κ3) is 3.18. The summed E-state index contributed by atoms with van der Waals surface area (Å²) in [6.45, 7) is 4.93. The zero-order chi connectivity index (χ0) is 20.9. The maximum absolute atomic E-state index is 14.0. The number of nitrogens with zero attached hydrogens (tertiary/aromatic N) is 4. The highest BCUT2D eigenvalue weighted by Crippen LogP contribution is 2.59. The molecule has 1 aliphatic carbocycles. The van der Waals surface area contributed by atoms with E-state index in [1.54, 1.807) is 0 Å². The van der Waals surface area contributed by atoms with Gasteiger partial charge in [-0.2, -0.15) is 4.98 Å². The van der Waals surface area contributed by atoms with Crippen LogP contribution >= 0.6 is 0 Å². The molecule has 0 amide bonds. The number of benzene rings is 1. The maximum atomic E-state index is 14.0. The fraction of sp³-hybridized carbons (Fsp3) is 0.545. The predicted octanol–water partition coefficient (Wildman–Crippen LogP) is 2.35. The Balaban J connectivity index is 1.46. The lowest BCUT2D eigenvalue weighted by Gasteiger charge is -2.27.